The van der Waals surface area contributed by atoms with Crippen LogP contribution in [-0.2, 0) is 14.8 Å². The summed E-state index contributed by atoms with van der Waals surface area (Å²) >= 11 is 0. The first-order valence-corrected chi connectivity index (χ1v) is 9.79. The van der Waals surface area contributed by atoms with Gasteiger partial charge in [0.05, 0.1) is 0 Å². The molecule has 8 nitrogen and oxygen atoms in total. The van der Waals surface area contributed by atoms with Gasteiger partial charge in [0.25, 0.3) is 0 Å². The molecule has 2 aromatic rings. The fourth-order valence-electron chi connectivity index (χ4n) is 2.97. The summed E-state index contributed by atoms with van der Waals surface area (Å²) in [6.07, 6.45) is 4.13. The van der Waals surface area contributed by atoms with Crippen LogP contribution >= 0.6 is 0 Å². The zero-order chi connectivity index (χ0) is 18.0. The van der Waals surface area contributed by atoms with E-state index in [1.54, 1.807) is 23.2 Å². The predicted molar refractivity (Wildman–Crippen MR) is 94.3 cm³/mol. The number of hydrogen-bond donors (Lipinski definition) is 2. The van der Waals surface area contributed by atoms with Crippen LogP contribution in [0.1, 0.15) is 19.8 Å². The number of aromatic nitrogens is 2. The van der Waals surface area contributed by atoms with Gasteiger partial charge in [0.2, 0.25) is 15.9 Å². The number of nitrogens with zero attached hydrogens (tertiary/aromatic N) is 3. The lowest BCUT2D eigenvalue weighted by molar-refractivity contribution is -0.132. The number of aromatic amines is 1. The number of sulfonamides is 1. The van der Waals surface area contributed by atoms with Gasteiger partial charge in [0, 0.05) is 56.4 Å². The van der Waals surface area contributed by atoms with E-state index in [0.717, 1.165) is 0 Å². The Bertz CT molecular complexity index is 854. The van der Waals surface area contributed by atoms with Crippen molar-refractivity contribution in [2.75, 3.05) is 26.2 Å². The van der Waals surface area contributed by atoms with E-state index in [0.29, 0.717) is 50.1 Å². The van der Waals surface area contributed by atoms with E-state index >= 15 is 0 Å². The standard InChI is InChI=1S/C16H23N5O3S/c1-12(17)4-5-15(22)20-7-9-21(10-8-20)25(23,24)14-11-19-16-13(14)3-2-6-18-16/h2-3,6,11-12H,4-5,7-10,17H2,1H3,(H,18,19). The molecular weight excluding hydrogens is 342 g/mol. The van der Waals surface area contributed by atoms with Crippen LogP contribution in [0.25, 0.3) is 11.0 Å². The van der Waals surface area contributed by atoms with Crippen LogP contribution in [0, 0.1) is 0 Å². The Balaban J connectivity index is 1.69. The molecule has 0 aliphatic carbocycles. The Morgan fingerprint density at radius 3 is 2.76 bits per heavy atom. The molecule has 3 heterocycles. The maximum Gasteiger partial charge on any atom is 0.245 e. The molecule has 1 amide bonds. The predicted octanol–water partition coefficient (Wildman–Crippen LogP) is 0.523. The number of nitrogens with one attached hydrogen (secondary N) is 1. The number of hydrogen-bond acceptors (Lipinski definition) is 5. The Morgan fingerprint density at radius 1 is 1.36 bits per heavy atom. The second kappa shape index (κ2) is 7.11. The summed E-state index contributed by atoms with van der Waals surface area (Å²) in [6.45, 7) is 3.25. The van der Waals surface area contributed by atoms with Crippen LogP contribution in [0.2, 0.25) is 0 Å². The van der Waals surface area contributed by atoms with Crippen LogP contribution in [0.3, 0.4) is 0 Å². The number of fused-ring (bicyclic) bond motifs is 1. The van der Waals surface area contributed by atoms with Crippen molar-refractivity contribution in [3.05, 3.63) is 24.5 Å². The van der Waals surface area contributed by atoms with Crippen LogP contribution in [0.15, 0.2) is 29.4 Å². The number of carbonyl (C=O) groups excluding carboxylic acids is 1. The quantitative estimate of drug-likeness (QED) is 0.802. The van der Waals surface area contributed by atoms with Gasteiger partial charge in [0.1, 0.15) is 10.5 Å². The van der Waals surface area contributed by atoms with Crippen molar-refractivity contribution in [3.8, 4) is 0 Å². The van der Waals surface area contributed by atoms with Crippen LogP contribution in [0.5, 0.6) is 0 Å². The molecule has 0 aromatic carbocycles. The van der Waals surface area contributed by atoms with Crippen molar-refractivity contribution in [3.63, 3.8) is 0 Å². The van der Waals surface area contributed by atoms with E-state index in [1.165, 1.54) is 10.5 Å². The molecule has 1 unspecified atom stereocenters. The highest BCUT2D eigenvalue weighted by atomic mass is 32.2. The zero-order valence-electron chi connectivity index (χ0n) is 14.2. The zero-order valence-corrected chi connectivity index (χ0v) is 15.0. The molecule has 3 N–H and O–H groups in total. The molecule has 3 rings (SSSR count). The highest BCUT2D eigenvalue weighted by Crippen LogP contribution is 2.25. The third-order valence-electron chi connectivity index (χ3n) is 4.44. The number of rotatable bonds is 5. The Hall–Kier alpha value is -1.97. The Kier molecular flexibility index (Phi) is 5.07. The summed E-state index contributed by atoms with van der Waals surface area (Å²) in [7, 11) is -3.62. The Morgan fingerprint density at radius 2 is 2.08 bits per heavy atom. The number of amides is 1. The van der Waals surface area contributed by atoms with Crippen molar-refractivity contribution in [2.45, 2.75) is 30.7 Å². The molecule has 1 aliphatic rings. The Labute approximate surface area is 147 Å². The summed E-state index contributed by atoms with van der Waals surface area (Å²) in [5.74, 6) is 0.0330. The molecule has 0 saturated carbocycles. The highest BCUT2D eigenvalue weighted by molar-refractivity contribution is 7.89. The van der Waals surface area contributed by atoms with Gasteiger partial charge < -0.3 is 15.6 Å². The summed E-state index contributed by atoms with van der Waals surface area (Å²) in [5, 5.41) is 0.581. The summed E-state index contributed by atoms with van der Waals surface area (Å²) in [5.41, 5.74) is 6.23. The minimum absolute atomic E-state index is 0.0129. The lowest BCUT2D eigenvalue weighted by Crippen LogP contribution is -2.50. The molecule has 1 aliphatic heterocycles. The minimum Gasteiger partial charge on any atom is -0.345 e. The van der Waals surface area contributed by atoms with Gasteiger partial charge in [-0.2, -0.15) is 4.31 Å². The van der Waals surface area contributed by atoms with E-state index in [4.69, 9.17) is 5.73 Å². The second-order valence-corrected chi connectivity index (χ2v) is 8.26. The third-order valence-corrected chi connectivity index (χ3v) is 6.37. The first-order chi connectivity index (χ1) is 11.9. The monoisotopic (exact) mass is 365 g/mol. The number of carbonyl (C=O) groups is 1. The maximum atomic E-state index is 12.9. The topological polar surface area (TPSA) is 112 Å². The summed E-state index contributed by atoms with van der Waals surface area (Å²) in [6, 6.07) is 3.44. The van der Waals surface area contributed by atoms with Crippen molar-refractivity contribution in [1.82, 2.24) is 19.2 Å². The van der Waals surface area contributed by atoms with E-state index in [-0.39, 0.29) is 16.8 Å². The van der Waals surface area contributed by atoms with Gasteiger partial charge in [-0.05, 0) is 25.5 Å². The van der Waals surface area contributed by atoms with Crippen molar-refractivity contribution >= 4 is 27.0 Å². The van der Waals surface area contributed by atoms with Crippen molar-refractivity contribution in [1.29, 1.82) is 0 Å². The number of piperazine rings is 1. The average molecular weight is 365 g/mol. The second-order valence-electron chi connectivity index (χ2n) is 6.35. The van der Waals surface area contributed by atoms with Gasteiger partial charge in [-0.15, -0.1) is 0 Å². The van der Waals surface area contributed by atoms with Gasteiger partial charge >= 0.3 is 0 Å². The number of H-pyrrole nitrogens is 1. The van der Waals surface area contributed by atoms with Gasteiger partial charge in [-0.25, -0.2) is 13.4 Å². The van der Waals surface area contributed by atoms with Crippen LogP contribution < -0.4 is 5.73 Å². The van der Waals surface area contributed by atoms with E-state index in [1.807, 2.05) is 6.92 Å². The lowest BCUT2D eigenvalue weighted by Gasteiger charge is -2.34. The minimum atomic E-state index is -3.62. The van der Waals surface area contributed by atoms with Crippen molar-refractivity contribution in [2.24, 2.45) is 5.73 Å². The van der Waals surface area contributed by atoms with Gasteiger partial charge in [0.15, 0.2) is 0 Å². The molecule has 2 aromatic heterocycles. The average Bonchev–Trinajstić information content (AvgIpc) is 3.04. The van der Waals surface area contributed by atoms with E-state index in [2.05, 4.69) is 9.97 Å². The van der Waals surface area contributed by atoms with E-state index < -0.39 is 10.0 Å². The van der Waals surface area contributed by atoms with Gasteiger partial charge in [-0.1, -0.05) is 0 Å². The fraction of sp³-hybridized carbons (Fsp3) is 0.500. The molecule has 0 radical (unpaired) electrons. The molecule has 9 heteroatoms. The number of nitrogens with two attached hydrogens (primary N) is 1. The maximum absolute atomic E-state index is 12.9. The van der Waals surface area contributed by atoms with E-state index in [9.17, 15) is 13.2 Å². The highest BCUT2D eigenvalue weighted by Gasteiger charge is 2.31. The summed E-state index contributed by atoms with van der Waals surface area (Å²) < 4.78 is 27.3. The molecule has 136 valence electrons. The molecule has 0 spiro atoms. The fourth-order valence-corrected chi connectivity index (χ4v) is 4.54. The molecule has 25 heavy (non-hydrogen) atoms. The van der Waals surface area contributed by atoms with Crippen LogP contribution in [0.4, 0.5) is 0 Å². The smallest absolute Gasteiger partial charge is 0.245 e. The SMILES string of the molecule is CC(N)CCC(=O)N1CCN(S(=O)(=O)c2c[nH]c3ncccc23)CC1. The van der Waals surface area contributed by atoms with Crippen molar-refractivity contribution < 1.29 is 13.2 Å². The summed E-state index contributed by atoms with van der Waals surface area (Å²) in [4.78, 5) is 21.1. The van der Waals surface area contributed by atoms with Crippen LogP contribution in [-0.4, -0.2) is 65.7 Å². The number of pyridine rings is 1. The first kappa shape index (κ1) is 17.8. The molecule has 1 saturated heterocycles. The molecule has 1 atom stereocenters. The molecular formula is C16H23N5O3S. The largest absolute Gasteiger partial charge is 0.345 e. The third kappa shape index (κ3) is 3.68. The first-order valence-electron chi connectivity index (χ1n) is 8.35. The van der Waals surface area contributed by atoms with Gasteiger partial charge in [-0.3, -0.25) is 4.79 Å². The molecule has 0 bridgehead atoms. The normalized spacial score (nSPS) is 17.8. The lowest BCUT2D eigenvalue weighted by atomic mass is 10.2. The molecule has 1 fully saturated rings.